The van der Waals surface area contributed by atoms with Gasteiger partial charge in [0.25, 0.3) is 0 Å². The van der Waals surface area contributed by atoms with Gasteiger partial charge in [0.1, 0.15) is 0 Å². The van der Waals surface area contributed by atoms with Gasteiger partial charge >= 0.3 is 0 Å². The minimum absolute atomic E-state index is 0.0651. The molecule has 5 nitrogen and oxygen atoms in total. The van der Waals surface area contributed by atoms with E-state index in [4.69, 9.17) is 0 Å². The quantitative estimate of drug-likeness (QED) is 0.505. The van der Waals surface area contributed by atoms with Gasteiger partial charge in [0.2, 0.25) is 5.91 Å². The number of likely N-dealkylation sites (tertiary alicyclic amines) is 1. The van der Waals surface area contributed by atoms with Crippen molar-refractivity contribution in [3.63, 3.8) is 0 Å². The van der Waals surface area contributed by atoms with E-state index in [0.717, 1.165) is 62.5 Å². The first-order valence-electron chi connectivity index (χ1n) is 12.9. The average molecular weight is 481 g/mol. The Bertz CT molecular complexity index is 1190. The number of hydrogen-bond donors (Lipinski definition) is 2. The molecule has 0 radical (unpaired) electrons. The van der Waals surface area contributed by atoms with Gasteiger partial charge in [-0.15, -0.1) is 0 Å². The summed E-state index contributed by atoms with van der Waals surface area (Å²) in [6.07, 6.45) is 7.67. The van der Waals surface area contributed by atoms with Crippen LogP contribution >= 0.6 is 0 Å². The smallest absolute Gasteiger partial charge is 0.224 e. The van der Waals surface area contributed by atoms with Gasteiger partial charge in [-0.05, 0) is 67.1 Å². The van der Waals surface area contributed by atoms with E-state index in [2.05, 4.69) is 76.7 Å². The predicted molar refractivity (Wildman–Crippen MR) is 148 cm³/mol. The maximum atomic E-state index is 11.7. The molecule has 0 bridgehead atoms. The molecule has 5 rings (SSSR count). The maximum absolute atomic E-state index is 11.7. The van der Waals surface area contributed by atoms with Gasteiger partial charge in [-0.25, -0.2) is 0 Å². The second-order valence-electron chi connectivity index (χ2n) is 10.1. The summed E-state index contributed by atoms with van der Waals surface area (Å²) < 4.78 is 0. The van der Waals surface area contributed by atoms with Crippen molar-refractivity contribution in [3.05, 3.63) is 109 Å². The lowest BCUT2D eigenvalue weighted by molar-refractivity contribution is -0.121. The van der Waals surface area contributed by atoms with Crippen LogP contribution in [0.4, 0.5) is 5.69 Å². The lowest BCUT2D eigenvalue weighted by Crippen LogP contribution is -2.43. The number of nitrogens with one attached hydrogen (secondary N) is 2. The molecule has 186 valence electrons. The number of nitrogens with zero attached hydrogens (tertiary/aromatic N) is 2. The van der Waals surface area contributed by atoms with E-state index in [1.807, 2.05) is 24.3 Å². The standard InChI is InChI=1S/C31H36N4O/c1-4-24(19-32-28-8-6-5-7-9-28)20-34-16-14-25(15-17-34)26-10-11-29-23(3)35(21-27(29)18-26)30-12-13-31(36)33-22(30)2/h4-11,18-19,25,30,32H,1-3,12-17,20-21H2,(H,33,36)/b24-19+. The van der Waals surface area contributed by atoms with Gasteiger partial charge in [-0.1, -0.05) is 62.2 Å². The summed E-state index contributed by atoms with van der Waals surface area (Å²) in [5.41, 5.74) is 8.13. The number of fused-ring (bicyclic) bond motifs is 1. The molecular weight excluding hydrogens is 444 g/mol. The van der Waals surface area contributed by atoms with Crippen LogP contribution in [0.3, 0.4) is 0 Å². The van der Waals surface area contributed by atoms with E-state index >= 15 is 0 Å². The molecule has 1 unspecified atom stereocenters. The summed E-state index contributed by atoms with van der Waals surface area (Å²) in [7, 11) is 0. The van der Waals surface area contributed by atoms with E-state index < -0.39 is 0 Å². The summed E-state index contributed by atoms with van der Waals surface area (Å²) in [6.45, 7) is 16.4. The van der Waals surface area contributed by atoms with Crippen molar-refractivity contribution < 1.29 is 4.79 Å². The van der Waals surface area contributed by atoms with E-state index in [1.54, 1.807) is 0 Å². The highest BCUT2D eigenvalue weighted by atomic mass is 16.1. The monoisotopic (exact) mass is 480 g/mol. The third-order valence-corrected chi connectivity index (χ3v) is 7.78. The summed E-state index contributed by atoms with van der Waals surface area (Å²) >= 11 is 0. The lowest BCUT2D eigenvalue weighted by atomic mass is 9.87. The normalized spacial score (nSPS) is 21.3. The number of carbonyl (C=O) groups is 1. The molecule has 0 saturated carbocycles. The van der Waals surface area contributed by atoms with Crippen molar-refractivity contribution in [2.24, 2.45) is 0 Å². The molecule has 3 aliphatic heterocycles. The fourth-order valence-corrected chi connectivity index (χ4v) is 5.68. The maximum Gasteiger partial charge on any atom is 0.224 e. The number of anilines is 1. The average Bonchev–Trinajstić information content (AvgIpc) is 3.22. The fraction of sp³-hybridized carbons (Fsp3) is 0.323. The van der Waals surface area contributed by atoms with Crippen LogP contribution in [-0.2, 0) is 11.3 Å². The predicted octanol–water partition coefficient (Wildman–Crippen LogP) is 5.63. The molecule has 1 atom stereocenters. The van der Waals surface area contributed by atoms with Crippen LogP contribution in [0.1, 0.15) is 48.3 Å². The van der Waals surface area contributed by atoms with Crippen molar-refractivity contribution in [3.8, 4) is 0 Å². The highest BCUT2D eigenvalue weighted by molar-refractivity contribution is 5.80. The van der Waals surface area contributed by atoms with E-state index in [9.17, 15) is 4.79 Å². The number of benzene rings is 2. The van der Waals surface area contributed by atoms with Crippen molar-refractivity contribution in [2.45, 2.75) is 44.2 Å². The first kappa shape index (κ1) is 24.1. The molecule has 36 heavy (non-hydrogen) atoms. The molecule has 2 aromatic carbocycles. The van der Waals surface area contributed by atoms with Gasteiger partial charge in [-0.2, -0.15) is 0 Å². The van der Waals surface area contributed by atoms with Crippen LogP contribution in [0.5, 0.6) is 0 Å². The number of hydrogen-bond acceptors (Lipinski definition) is 4. The topological polar surface area (TPSA) is 47.6 Å². The van der Waals surface area contributed by atoms with Crippen LogP contribution in [0.25, 0.3) is 5.70 Å². The summed E-state index contributed by atoms with van der Waals surface area (Å²) in [4.78, 5) is 16.6. The van der Waals surface area contributed by atoms with Crippen LogP contribution in [0, 0.1) is 0 Å². The van der Waals surface area contributed by atoms with Crippen LogP contribution in [0.2, 0.25) is 0 Å². The van der Waals surface area contributed by atoms with Crippen LogP contribution in [0.15, 0.2) is 91.8 Å². The van der Waals surface area contributed by atoms with E-state index in [-0.39, 0.29) is 11.9 Å². The van der Waals surface area contributed by atoms with E-state index in [0.29, 0.717) is 12.3 Å². The number of piperidine rings is 2. The number of para-hydroxylation sites is 1. The molecule has 2 fully saturated rings. The largest absolute Gasteiger partial charge is 0.361 e. The minimum atomic E-state index is 0.0651. The van der Waals surface area contributed by atoms with Gasteiger partial charge in [0.05, 0.1) is 6.04 Å². The Morgan fingerprint density at radius 3 is 2.58 bits per heavy atom. The molecule has 2 saturated heterocycles. The Kier molecular flexibility index (Phi) is 7.10. The van der Waals surface area contributed by atoms with Gasteiger partial charge in [0, 0.05) is 48.4 Å². The first-order chi connectivity index (χ1) is 17.5. The van der Waals surface area contributed by atoms with Crippen molar-refractivity contribution in [1.82, 2.24) is 15.1 Å². The first-order valence-corrected chi connectivity index (χ1v) is 12.9. The third-order valence-electron chi connectivity index (χ3n) is 7.78. The highest BCUT2D eigenvalue weighted by Gasteiger charge is 2.33. The second-order valence-corrected chi connectivity index (χ2v) is 10.1. The Labute approximate surface area is 214 Å². The van der Waals surface area contributed by atoms with Gasteiger partial charge in [-0.3, -0.25) is 9.69 Å². The Morgan fingerprint density at radius 1 is 1.08 bits per heavy atom. The molecule has 0 aromatic heterocycles. The number of rotatable bonds is 7. The molecule has 5 heteroatoms. The molecule has 1 amide bonds. The Hall–Kier alpha value is -3.57. The summed E-state index contributed by atoms with van der Waals surface area (Å²) in [6, 6.07) is 17.3. The SMILES string of the molecule is C=C/C(=C\Nc1ccccc1)CN1CCC(c2ccc3c(c2)CN(C2CCC(=O)NC2=C)C3=C)CC1. The fourth-order valence-electron chi connectivity index (χ4n) is 5.68. The Balaban J connectivity index is 1.18. The van der Waals surface area contributed by atoms with Gasteiger partial charge in [0.15, 0.2) is 0 Å². The van der Waals surface area contributed by atoms with Crippen LogP contribution in [-0.4, -0.2) is 41.4 Å². The van der Waals surface area contributed by atoms with Crippen molar-refractivity contribution in [1.29, 1.82) is 0 Å². The molecule has 0 aliphatic carbocycles. The highest BCUT2D eigenvalue weighted by Crippen LogP contribution is 2.39. The van der Waals surface area contributed by atoms with Gasteiger partial charge < -0.3 is 15.5 Å². The number of amides is 1. The number of carbonyl (C=O) groups excluding carboxylic acids is 1. The zero-order chi connectivity index (χ0) is 25.1. The molecule has 3 heterocycles. The van der Waals surface area contributed by atoms with Crippen molar-refractivity contribution >= 4 is 17.3 Å². The molecule has 0 spiro atoms. The van der Waals surface area contributed by atoms with Crippen LogP contribution < -0.4 is 10.6 Å². The van der Waals surface area contributed by atoms with Crippen molar-refractivity contribution in [2.75, 3.05) is 25.0 Å². The molecule has 2 N–H and O–H groups in total. The lowest BCUT2D eigenvalue weighted by Gasteiger charge is -2.34. The zero-order valence-electron chi connectivity index (χ0n) is 21.0. The third kappa shape index (κ3) is 5.17. The Morgan fingerprint density at radius 2 is 1.86 bits per heavy atom. The summed E-state index contributed by atoms with van der Waals surface area (Å²) in [5, 5.41) is 6.30. The molecular formula is C31H36N4O. The zero-order valence-corrected chi connectivity index (χ0v) is 21.0. The minimum Gasteiger partial charge on any atom is -0.361 e. The molecule has 3 aliphatic rings. The second kappa shape index (κ2) is 10.6. The molecule has 2 aromatic rings. The summed E-state index contributed by atoms with van der Waals surface area (Å²) in [5.74, 6) is 0.645. The van der Waals surface area contributed by atoms with E-state index in [1.165, 1.54) is 22.3 Å².